The summed E-state index contributed by atoms with van der Waals surface area (Å²) in [5, 5.41) is 0.812. The standard InChI is InChI=1S/C58H64ClN2O8/c1-57(2)46-20-11-13-22-48(46)60(38-15-7-9-24-52(62)68-44-32-26-42(27-33-44)55(64)66-5)50(57)36-30-40-18-17-19-41(54(40)59)31-37-51-58(3,4)47-21-12-14-23-49(47)61(51)39-16-8-10-25-53(63)69-45-34-28-43(29-35-45)56(65)67-6/h11-14,20-23,26-37H,7-10,15-19,24-25,38-39H2,1-6H3/q+1. The van der Waals surface area contributed by atoms with Crippen LogP contribution in [0.1, 0.15) is 130 Å². The van der Waals surface area contributed by atoms with Gasteiger partial charge >= 0.3 is 23.9 Å². The molecule has 0 aromatic heterocycles. The molecule has 69 heavy (non-hydrogen) atoms. The molecular formula is C58H64ClN2O8+. The Morgan fingerprint density at radius 3 is 1.81 bits per heavy atom. The summed E-state index contributed by atoms with van der Waals surface area (Å²) in [7, 11) is 2.66. The number of benzene rings is 4. The lowest BCUT2D eigenvalue weighted by Gasteiger charge is -2.27. The molecule has 360 valence electrons. The third-order valence-electron chi connectivity index (χ3n) is 13.5. The van der Waals surface area contributed by atoms with Gasteiger partial charge in [0.1, 0.15) is 18.0 Å². The first-order valence-corrected chi connectivity index (χ1v) is 24.5. The fourth-order valence-corrected chi connectivity index (χ4v) is 10.00. The van der Waals surface area contributed by atoms with Gasteiger partial charge in [-0.05, 0) is 136 Å². The van der Waals surface area contributed by atoms with Crippen molar-refractivity contribution in [1.82, 2.24) is 0 Å². The number of hydrogen-bond donors (Lipinski definition) is 0. The second-order valence-electron chi connectivity index (χ2n) is 18.8. The van der Waals surface area contributed by atoms with Crippen LogP contribution in [-0.2, 0) is 29.9 Å². The van der Waals surface area contributed by atoms with Gasteiger partial charge in [0.2, 0.25) is 5.69 Å². The number of ether oxygens (including phenoxy) is 4. The topological polar surface area (TPSA) is 111 Å². The van der Waals surface area contributed by atoms with Crippen LogP contribution in [0.15, 0.2) is 143 Å². The average Bonchev–Trinajstić information content (AvgIpc) is 3.70. The van der Waals surface area contributed by atoms with Gasteiger partial charge in [0.05, 0.1) is 30.8 Å². The van der Waals surface area contributed by atoms with E-state index in [4.69, 9.17) is 30.5 Å². The second-order valence-corrected chi connectivity index (χ2v) is 19.2. The number of rotatable bonds is 19. The van der Waals surface area contributed by atoms with Crippen LogP contribution in [0.3, 0.4) is 0 Å². The van der Waals surface area contributed by atoms with Crippen molar-refractivity contribution in [3.05, 3.63) is 165 Å². The maximum atomic E-state index is 12.6. The average molecular weight is 953 g/mol. The van der Waals surface area contributed by atoms with Crippen molar-refractivity contribution in [2.45, 2.75) is 109 Å². The first-order valence-electron chi connectivity index (χ1n) is 24.1. The molecule has 0 fully saturated rings. The number of fused-ring (bicyclic) bond motifs is 2. The van der Waals surface area contributed by atoms with Gasteiger partial charge in [0.25, 0.3) is 0 Å². The van der Waals surface area contributed by atoms with Gasteiger partial charge in [-0.2, -0.15) is 4.58 Å². The first-order chi connectivity index (χ1) is 33.2. The van der Waals surface area contributed by atoms with Gasteiger partial charge in [0.15, 0.2) is 5.71 Å². The number of anilines is 1. The number of carbonyl (C=O) groups is 4. The van der Waals surface area contributed by atoms with Crippen LogP contribution in [0, 0.1) is 0 Å². The number of hydrogen-bond acceptors (Lipinski definition) is 9. The van der Waals surface area contributed by atoms with Gasteiger partial charge in [-0.1, -0.05) is 80.4 Å². The van der Waals surface area contributed by atoms with Crippen LogP contribution in [0.5, 0.6) is 11.5 Å². The number of para-hydroxylation sites is 2. The number of methoxy groups -OCH3 is 2. The third-order valence-corrected chi connectivity index (χ3v) is 14.0. The summed E-state index contributed by atoms with van der Waals surface area (Å²) >= 11 is 7.34. The molecule has 10 nitrogen and oxygen atoms in total. The molecule has 0 atom stereocenters. The maximum Gasteiger partial charge on any atom is 0.337 e. The SMILES string of the molecule is COC(=O)c1ccc(OC(=O)CCCCCN2/C(=C/C=C3\CCCC(/C=C/C4=[N+](CCCCCC(=O)Oc5ccc(C(=O)OC)cc5)c5ccccc5C4(C)C)=C3Cl)C(C)(C)c3ccccc32)cc1. The molecule has 4 aromatic rings. The van der Waals surface area contributed by atoms with E-state index in [2.05, 4.69) is 110 Å². The quantitative estimate of drug-likeness (QED) is 0.0392. The smallest absolute Gasteiger partial charge is 0.337 e. The highest BCUT2D eigenvalue weighted by atomic mass is 35.5. The van der Waals surface area contributed by atoms with Crippen molar-refractivity contribution in [3.8, 4) is 11.5 Å². The van der Waals surface area contributed by atoms with E-state index in [9.17, 15) is 19.2 Å². The fourth-order valence-electron chi connectivity index (χ4n) is 9.68. The number of nitrogens with zero attached hydrogens (tertiary/aromatic N) is 2. The Labute approximate surface area is 412 Å². The molecule has 1 aliphatic carbocycles. The minimum absolute atomic E-state index is 0.220. The van der Waals surface area contributed by atoms with Gasteiger partial charge < -0.3 is 23.8 Å². The van der Waals surface area contributed by atoms with Gasteiger partial charge in [-0.15, -0.1) is 0 Å². The molecule has 0 unspecified atom stereocenters. The van der Waals surface area contributed by atoms with E-state index < -0.39 is 11.9 Å². The zero-order valence-corrected chi connectivity index (χ0v) is 41.5. The Hall–Kier alpha value is -6.52. The predicted octanol–water partition coefficient (Wildman–Crippen LogP) is 12.8. The monoisotopic (exact) mass is 951 g/mol. The first kappa shape index (κ1) is 50.4. The highest BCUT2D eigenvalue weighted by Crippen LogP contribution is 2.48. The van der Waals surface area contributed by atoms with E-state index in [-0.39, 0.29) is 22.8 Å². The zero-order chi connectivity index (χ0) is 49.1. The van der Waals surface area contributed by atoms with E-state index in [1.54, 1.807) is 48.5 Å². The molecule has 2 aliphatic heterocycles. The summed E-state index contributed by atoms with van der Waals surface area (Å²) in [6, 6.07) is 30.0. The molecular weight excluding hydrogens is 888 g/mol. The van der Waals surface area contributed by atoms with Crippen LogP contribution in [0.25, 0.3) is 0 Å². The zero-order valence-electron chi connectivity index (χ0n) is 40.8. The van der Waals surface area contributed by atoms with Crippen molar-refractivity contribution in [1.29, 1.82) is 0 Å². The Morgan fingerprint density at radius 2 is 1.20 bits per heavy atom. The summed E-state index contributed by atoms with van der Waals surface area (Å²) in [5.41, 5.74) is 10.1. The van der Waals surface area contributed by atoms with E-state index in [1.807, 2.05) is 0 Å². The molecule has 0 amide bonds. The Morgan fingerprint density at radius 1 is 0.638 bits per heavy atom. The summed E-state index contributed by atoms with van der Waals surface area (Å²) in [6.45, 7) is 10.8. The number of unbranched alkanes of at least 4 members (excludes halogenated alkanes) is 4. The van der Waals surface area contributed by atoms with Crippen LogP contribution >= 0.6 is 11.6 Å². The normalized spacial score (nSPS) is 17.1. The van der Waals surface area contributed by atoms with Crippen LogP contribution in [0.4, 0.5) is 11.4 Å². The van der Waals surface area contributed by atoms with Gasteiger partial charge in [-0.3, -0.25) is 9.59 Å². The van der Waals surface area contributed by atoms with Crippen molar-refractivity contribution in [2.24, 2.45) is 0 Å². The van der Waals surface area contributed by atoms with Crippen molar-refractivity contribution in [2.75, 3.05) is 32.2 Å². The Bertz CT molecular complexity index is 2710. The number of allylic oxidation sites excluding steroid dienone is 8. The second kappa shape index (κ2) is 22.7. The van der Waals surface area contributed by atoms with Gasteiger partial charge in [-0.25, -0.2) is 9.59 Å². The van der Waals surface area contributed by atoms with Crippen LogP contribution < -0.4 is 14.4 Å². The van der Waals surface area contributed by atoms with E-state index in [0.717, 1.165) is 74.2 Å². The number of carbonyl (C=O) groups excluding carboxylic acids is 4. The lowest BCUT2D eigenvalue weighted by molar-refractivity contribution is -0.438. The van der Waals surface area contributed by atoms with E-state index in [1.165, 1.54) is 48.1 Å². The maximum absolute atomic E-state index is 12.6. The van der Waals surface area contributed by atoms with Crippen molar-refractivity contribution < 1.29 is 42.7 Å². The van der Waals surface area contributed by atoms with Crippen molar-refractivity contribution >= 4 is 52.6 Å². The highest BCUT2D eigenvalue weighted by Gasteiger charge is 2.44. The summed E-state index contributed by atoms with van der Waals surface area (Å²) in [6.07, 6.45) is 17.3. The lowest BCUT2D eigenvalue weighted by atomic mass is 9.81. The highest BCUT2D eigenvalue weighted by molar-refractivity contribution is 6.32. The predicted molar refractivity (Wildman–Crippen MR) is 272 cm³/mol. The molecule has 11 heteroatoms. The molecule has 7 rings (SSSR count). The number of halogens is 1. The molecule has 0 saturated carbocycles. The largest absolute Gasteiger partial charge is 0.465 e. The minimum atomic E-state index is -0.438. The number of esters is 4. The molecule has 4 aromatic carbocycles. The van der Waals surface area contributed by atoms with Crippen LogP contribution in [-0.4, -0.2) is 61.5 Å². The summed E-state index contributed by atoms with van der Waals surface area (Å²) in [5.74, 6) is -0.664. The summed E-state index contributed by atoms with van der Waals surface area (Å²) in [4.78, 5) is 51.2. The molecule has 0 radical (unpaired) electrons. The molecule has 0 N–H and O–H groups in total. The molecule has 0 spiro atoms. The third kappa shape index (κ3) is 11.9. The minimum Gasteiger partial charge on any atom is -0.465 e. The molecule has 0 saturated heterocycles. The molecule has 3 aliphatic rings. The Balaban J connectivity index is 0.997. The Kier molecular flexibility index (Phi) is 16.6. The van der Waals surface area contributed by atoms with Gasteiger partial charge in [0, 0.05) is 65.3 Å². The molecule has 0 bridgehead atoms. The lowest BCUT2D eigenvalue weighted by Crippen LogP contribution is -2.28. The van der Waals surface area contributed by atoms with Crippen molar-refractivity contribution in [3.63, 3.8) is 0 Å². The van der Waals surface area contributed by atoms with E-state index >= 15 is 0 Å². The van der Waals surface area contributed by atoms with Crippen LogP contribution in [0.2, 0.25) is 0 Å². The summed E-state index contributed by atoms with van der Waals surface area (Å²) < 4.78 is 23.0. The fraction of sp³-hybridized carbons (Fsp3) is 0.362. The van der Waals surface area contributed by atoms with E-state index in [0.29, 0.717) is 48.3 Å². The molecule has 2 heterocycles.